The molecule has 0 unspecified atom stereocenters. The molecule has 0 aliphatic carbocycles. The van der Waals surface area contributed by atoms with Gasteiger partial charge in [-0.2, -0.15) is 0 Å². The summed E-state index contributed by atoms with van der Waals surface area (Å²) in [6.45, 7) is 13.2. The van der Waals surface area contributed by atoms with E-state index in [1.165, 1.54) is 16.7 Å². The Kier molecular flexibility index (Phi) is 10.0. The molecular formula is C31H39ClFN5O6. The quantitative estimate of drug-likeness (QED) is 0.357. The van der Waals surface area contributed by atoms with Crippen LogP contribution in [0.1, 0.15) is 47.4 Å². The van der Waals surface area contributed by atoms with Crippen molar-refractivity contribution in [3.63, 3.8) is 0 Å². The summed E-state index contributed by atoms with van der Waals surface area (Å²) in [6.07, 6.45) is -0.956. The molecule has 11 nitrogen and oxygen atoms in total. The second-order valence-corrected chi connectivity index (χ2v) is 12.9. The number of halogens is 2. The van der Waals surface area contributed by atoms with Gasteiger partial charge in [0.25, 0.3) is 5.56 Å². The van der Waals surface area contributed by atoms with E-state index < -0.39 is 28.7 Å². The number of nitrogens with zero attached hydrogens (tertiary/aromatic N) is 4. The SMILES string of the molecule is CC(C)(C)OC(=O)NCCOc1cc(Cl)ccc1-n1c(CN2CCN(C(=O)OC(C)(C)C)CC2)nc2ccc(F)cc2c1=O. The van der Waals surface area contributed by atoms with Crippen LogP contribution in [0, 0.1) is 5.82 Å². The Morgan fingerprint density at radius 3 is 2.32 bits per heavy atom. The van der Waals surface area contributed by atoms with E-state index in [2.05, 4.69) is 10.2 Å². The topological polar surface area (TPSA) is 115 Å². The first-order chi connectivity index (χ1) is 20.6. The molecule has 0 spiro atoms. The summed E-state index contributed by atoms with van der Waals surface area (Å²) >= 11 is 6.30. The number of fused-ring (bicyclic) bond motifs is 1. The van der Waals surface area contributed by atoms with Gasteiger partial charge in [-0.05, 0) is 71.9 Å². The van der Waals surface area contributed by atoms with Crippen molar-refractivity contribution in [3.8, 4) is 11.4 Å². The Bertz CT molecular complexity index is 1570. The van der Waals surface area contributed by atoms with E-state index >= 15 is 0 Å². The molecule has 4 rings (SSSR count). The number of hydrogen-bond donors (Lipinski definition) is 1. The van der Waals surface area contributed by atoms with Gasteiger partial charge in [0.15, 0.2) is 0 Å². The molecule has 0 radical (unpaired) electrons. The maximum absolute atomic E-state index is 14.2. The van der Waals surface area contributed by atoms with Crippen molar-refractivity contribution in [2.75, 3.05) is 39.3 Å². The van der Waals surface area contributed by atoms with Crippen LogP contribution in [0.2, 0.25) is 5.02 Å². The van der Waals surface area contributed by atoms with Gasteiger partial charge < -0.3 is 24.4 Å². The molecule has 0 saturated carbocycles. The minimum atomic E-state index is -0.645. The summed E-state index contributed by atoms with van der Waals surface area (Å²) < 4.78 is 32.4. The third-order valence-corrected chi connectivity index (χ3v) is 6.71. The fraction of sp³-hybridized carbons (Fsp3) is 0.484. The molecule has 1 saturated heterocycles. The number of nitrogens with one attached hydrogen (secondary N) is 1. The zero-order valence-electron chi connectivity index (χ0n) is 25.9. The van der Waals surface area contributed by atoms with Crippen molar-refractivity contribution in [1.82, 2.24) is 24.7 Å². The van der Waals surface area contributed by atoms with Crippen molar-refractivity contribution in [1.29, 1.82) is 0 Å². The number of aromatic nitrogens is 2. The summed E-state index contributed by atoms with van der Waals surface area (Å²) in [7, 11) is 0. The minimum absolute atomic E-state index is 0.0545. The average Bonchev–Trinajstić information content (AvgIpc) is 2.91. The Morgan fingerprint density at radius 2 is 1.66 bits per heavy atom. The van der Waals surface area contributed by atoms with Gasteiger partial charge in [-0.1, -0.05) is 11.6 Å². The van der Waals surface area contributed by atoms with Crippen molar-refractivity contribution in [2.45, 2.75) is 59.3 Å². The Labute approximate surface area is 260 Å². The van der Waals surface area contributed by atoms with Gasteiger partial charge in [0.2, 0.25) is 0 Å². The minimum Gasteiger partial charge on any atom is -0.489 e. The molecule has 1 aliphatic rings. The van der Waals surface area contributed by atoms with Crippen LogP contribution in [0.15, 0.2) is 41.2 Å². The summed E-state index contributed by atoms with van der Waals surface area (Å²) in [5.41, 5.74) is -1.00. The van der Waals surface area contributed by atoms with E-state index in [1.807, 2.05) is 20.8 Å². The lowest BCUT2D eigenvalue weighted by molar-refractivity contribution is 0.0136. The lowest BCUT2D eigenvalue weighted by Crippen LogP contribution is -2.50. The molecule has 1 aliphatic heterocycles. The van der Waals surface area contributed by atoms with Gasteiger partial charge in [0.05, 0.1) is 29.7 Å². The van der Waals surface area contributed by atoms with Crippen LogP contribution < -0.4 is 15.6 Å². The normalized spacial score (nSPS) is 14.4. The largest absolute Gasteiger partial charge is 0.489 e. The Balaban J connectivity index is 1.61. The van der Waals surface area contributed by atoms with Crippen LogP contribution in [0.25, 0.3) is 16.6 Å². The summed E-state index contributed by atoms with van der Waals surface area (Å²) in [5.74, 6) is 0.118. The first-order valence-electron chi connectivity index (χ1n) is 14.4. The van der Waals surface area contributed by atoms with Crippen molar-refractivity contribution < 1.29 is 28.2 Å². The highest BCUT2D eigenvalue weighted by Gasteiger charge is 2.27. The number of carbonyl (C=O) groups is 2. The van der Waals surface area contributed by atoms with Gasteiger partial charge in [-0.25, -0.2) is 19.0 Å². The molecule has 44 heavy (non-hydrogen) atoms. The van der Waals surface area contributed by atoms with Crippen molar-refractivity contribution in [3.05, 3.63) is 63.4 Å². The number of benzene rings is 2. The smallest absolute Gasteiger partial charge is 0.410 e. The van der Waals surface area contributed by atoms with Crippen LogP contribution in [0.4, 0.5) is 14.0 Å². The van der Waals surface area contributed by atoms with Gasteiger partial charge in [0, 0.05) is 37.3 Å². The van der Waals surface area contributed by atoms with Crippen LogP contribution >= 0.6 is 11.6 Å². The first-order valence-corrected chi connectivity index (χ1v) is 14.8. The molecular weight excluding hydrogens is 593 g/mol. The first kappa shape index (κ1) is 33.0. The number of hydrogen-bond acceptors (Lipinski definition) is 8. The second kappa shape index (κ2) is 13.4. The lowest BCUT2D eigenvalue weighted by Gasteiger charge is -2.35. The van der Waals surface area contributed by atoms with Gasteiger partial charge in [0.1, 0.15) is 35.2 Å². The number of ether oxygens (including phenoxy) is 3. The highest BCUT2D eigenvalue weighted by molar-refractivity contribution is 6.30. The van der Waals surface area contributed by atoms with Crippen LogP contribution in [0.3, 0.4) is 0 Å². The van der Waals surface area contributed by atoms with Gasteiger partial charge in [-0.3, -0.25) is 14.3 Å². The van der Waals surface area contributed by atoms with Crippen LogP contribution in [-0.4, -0.2) is 82.1 Å². The molecule has 2 aromatic carbocycles. The zero-order valence-corrected chi connectivity index (χ0v) is 26.7. The Morgan fingerprint density at radius 1 is 0.977 bits per heavy atom. The molecule has 2 heterocycles. The van der Waals surface area contributed by atoms with E-state index in [0.717, 1.165) is 6.07 Å². The molecule has 1 N–H and O–H groups in total. The highest BCUT2D eigenvalue weighted by atomic mass is 35.5. The molecule has 2 amide bonds. The molecule has 3 aromatic rings. The maximum Gasteiger partial charge on any atom is 0.410 e. The predicted molar refractivity (Wildman–Crippen MR) is 165 cm³/mol. The fourth-order valence-corrected chi connectivity index (χ4v) is 4.75. The van der Waals surface area contributed by atoms with Crippen LogP contribution in [-0.2, 0) is 16.0 Å². The molecule has 238 valence electrons. The molecule has 1 fully saturated rings. The monoisotopic (exact) mass is 631 g/mol. The lowest BCUT2D eigenvalue weighted by atomic mass is 10.2. The summed E-state index contributed by atoms with van der Waals surface area (Å²) in [6, 6.07) is 8.71. The number of alkyl carbamates (subject to hydrolysis) is 1. The van der Waals surface area contributed by atoms with E-state index in [0.29, 0.717) is 48.2 Å². The van der Waals surface area contributed by atoms with E-state index in [9.17, 15) is 18.8 Å². The van der Waals surface area contributed by atoms with Crippen LogP contribution in [0.5, 0.6) is 5.75 Å². The molecule has 13 heteroatoms. The number of rotatable bonds is 7. The van der Waals surface area contributed by atoms with Gasteiger partial charge >= 0.3 is 12.2 Å². The van der Waals surface area contributed by atoms with E-state index in [-0.39, 0.29) is 36.9 Å². The third kappa shape index (κ3) is 8.82. The molecule has 0 atom stereocenters. The molecule has 1 aromatic heterocycles. The zero-order chi connectivity index (χ0) is 32.2. The number of carbonyl (C=O) groups excluding carboxylic acids is 2. The van der Waals surface area contributed by atoms with Crippen molar-refractivity contribution >= 4 is 34.7 Å². The third-order valence-electron chi connectivity index (χ3n) is 6.48. The summed E-state index contributed by atoms with van der Waals surface area (Å²) in [4.78, 5) is 47.0. The van der Waals surface area contributed by atoms with E-state index in [1.54, 1.807) is 43.9 Å². The fourth-order valence-electron chi connectivity index (χ4n) is 4.59. The number of amides is 2. The standard InChI is InChI=1S/C31H39ClFN5O6/c1-30(2,3)43-28(40)34-11-16-42-25-17-20(32)7-10-24(25)38-26(35-23-9-8-21(33)18-22(23)27(38)39)19-36-12-14-37(15-13-36)29(41)44-31(4,5)6/h7-10,17-18H,11-16,19H2,1-6H3,(H,34,40). The van der Waals surface area contributed by atoms with Gasteiger partial charge in [-0.15, -0.1) is 0 Å². The number of piperazine rings is 1. The highest BCUT2D eigenvalue weighted by Crippen LogP contribution is 2.28. The van der Waals surface area contributed by atoms with E-state index in [4.69, 9.17) is 30.8 Å². The molecule has 0 bridgehead atoms. The van der Waals surface area contributed by atoms with Crippen molar-refractivity contribution in [2.24, 2.45) is 0 Å². The Hall–Kier alpha value is -3.90. The average molecular weight is 632 g/mol. The predicted octanol–water partition coefficient (Wildman–Crippen LogP) is 5.13. The maximum atomic E-state index is 14.2. The summed E-state index contributed by atoms with van der Waals surface area (Å²) in [5, 5.41) is 3.11. The second-order valence-electron chi connectivity index (χ2n) is 12.5.